The molecule has 0 aromatic rings. The lowest BCUT2D eigenvalue weighted by Gasteiger charge is -2.18. The average Bonchev–Trinajstić information content (AvgIpc) is 3.16. The van der Waals surface area contributed by atoms with Gasteiger partial charge in [0.15, 0.2) is 6.10 Å². The Hall–Kier alpha value is -1.59. The number of hydrogen-bond acceptors (Lipinski definition) is 6. The normalized spacial score (nSPS) is 12.2. The molecule has 0 amide bonds. The number of ether oxygens (including phenoxy) is 3. The molecule has 0 saturated heterocycles. The van der Waals surface area contributed by atoms with E-state index in [0.29, 0.717) is 19.3 Å². The van der Waals surface area contributed by atoms with Gasteiger partial charge in [-0.25, -0.2) is 0 Å². The fraction of sp³-hybridized carbons (Fsp3) is 0.941. The SMILES string of the molecule is CC(C)CCCCCCCCCCCCCCCCCC(=O)OC[C@@H](COC(=O)CCCCCCCCCCCC(C)C)OC(=O)CCCCCCCCC(C)C. The van der Waals surface area contributed by atoms with Crippen LogP contribution in [0.15, 0.2) is 0 Å². The summed E-state index contributed by atoms with van der Waals surface area (Å²) in [7, 11) is 0. The number of rotatable bonds is 44. The maximum Gasteiger partial charge on any atom is 0.306 e. The first-order chi connectivity index (χ1) is 27.6. The van der Waals surface area contributed by atoms with Gasteiger partial charge in [0.1, 0.15) is 13.2 Å². The molecule has 0 rings (SSSR count). The number of esters is 3. The summed E-state index contributed by atoms with van der Waals surface area (Å²) in [5.41, 5.74) is 0. The van der Waals surface area contributed by atoms with E-state index in [9.17, 15) is 14.4 Å². The second-order valence-electron chi connectivity index (χ2n) is 18.9. The molecule has 0 unspecified atom stereocenters. The van der Waals surface area contributed by atoms with Gasteiger partial charge in [-0.15, -0.1) is 0 Å². The molecule has 0 aliphatic carbocycles. The molecule has 0 aromatic carbocycles. The first-order valence-corrected chi connectivity index (χ1v) is 25.1. The zero-order valence-electron chi connectivity index (χ0n) is 39.1. The van der Waals surface area contributed by atoms with Gasteiger partial charge >= 0.3 is 17.9 Å². The van der Waals surface area contributed by atoms with E-state index >= 15 is 0 Å². The predicted molar refractivity (Wildman–Crippen MR) is 243 cm³/mol. The number of carbonyl (C=O) groups excluding carboxylic acids is 3. The summed E-state index contributed by atoms with van der Waals surface area (Å²) in [4.78, 5) is 37.8. The maximum absolute atomic E-state index is 12.7. The van der Waals surface area contributed by atoms with Gasteiger partial charge in [0.25, 0.3) is 0 Å². The highest BCUT2D eigenvalue weighted by Crippen LogP contribution is 2.17. The molecular weight excluding hydrogens is 709 g/mol. The Labute approximate surface area is 355 Å². The minimum atomic E-state index is -0.762. The molecule has 0 saturated carbocycles. The molecule has 0 aliphatic rings. The van der Waals surface area contributed by atoms with Crippen LogP contribution in [0.1, 0.15) is 273 Å². The lowest BCUT2D eigenvalue weighted by Crippen LogP contribution is -2.30. The maximum atomic E-state index is 12.7. The van der Waals surface area contributed by atoms with E-state index in [4.69, 9.17) is 14.2 Å². The van der Waals surface area contributed by atoms with Crippen LogP contribution in [0.4, 0.5) is 0 Å². The van der Waals surface area contributed by atoms with Crippen molar-refractivity contribution >= 4 is 17.9 Å². The van der Waals surface area contributed by atoms with E-state index in [1.54, 1.807) is 0 Å². The van der Waals surface area contributed by atoms with Crippen LogP contribution in [0.25, 0.3) is 0 Å². The monoisotopic (exact) mass is 807 g/mol. The summed E-state index contributed by atoms with van der Waals surface area (Å²) in [6.45, 7) is 13.6. The van der Waals surface area contributed by atoms with Crippen molar-refractivity contribution in [1.29, 1.82) is 0 Å². The highest BCUT2D eigenvalue weighted by Gasteiger charge is 2.19. The molecule has 0 bridgehead atoms. The van der Waals surface area contributed by atoms with Crippen LogP contribution in [0, 0.1) is 17.8 Å². The third kappa shape index (κ3) is 45.3. The molecule has 0 fully saturated rings. The minimum Gasteiger partial charge on any atom is -0.462 e. The highest BCUT2D eigenvalue weighted by molar-refractivity contribution is 5.71. The fourth-order valence-corrected chi connectivity index (χ4v) is 7.59. The predicted octanol–water partition coefficient (Wildman–Crippen LogP) is 16.0. The van der Waals surface area contributed by atoms with Gasteiger partial charge < -0.3 is 14.2 Å². The van der Waals surface area contributed by atoms with Crippen LogP contribution in [0.5, 0.6) is 0 Å². The van der Waals surface area contributed by atoms with Gasteiger partial charge in [0, 0.05) is 19.3 Å². The van der Waals surface area contributed by atoms with Crippen LogP contribution in [0.2, 0.25) is 0 Å². The lowest BCUT2D eigenvalue weighted by atomic mass is 10.0. The average molecular weight is 807 g/mol. The van der Waals surface area contributed by atoms with Gasteiger partial charge in [-0.2, -0.15) is 0 Å². The van der Waals surface area contributed by atoms with Crippen molar-refractivity contribution in [3.63, 3.8) is 0 Å². The zero-order valence-corrected chi connectivity index (χ0v) is 39.1. The molecule has 0 N–H and O–H groups in total. The van der Waals surface area contributed by atoms with Gasteiger partial charge in [-0.3, -0.25) is 14.4 Å². The van der Waals surface area contributed by atoms with Crippen molar-refractivity contribution in [3.8, 4) is 0 Å². The second kappa shape index (κ2) is 42.5. The standard InChI is InChI=1S/C51H98O6/c1-45(2)37-31-25-19-15-12-10-8-7-9-11-13-17-21-28-34-40-49(52)55-43-48(57-51(54)42-36-30-24-23-27-33-39-47(5)6)44-56-50(53)41-35-29-22-18-14-16-20-26-32-38-46(3)4/h45-48H,7-44H2,1-6H3/t48-/m0/s1. The van der Waals surface area contributed by atoms with E-state index in [0.717, 1.165) is 75.5 Å². The van der Waals surface area contributed by atoms with Crippen molar-refractivity contribution in [2.24, 2.45) is 17.8 Å². The quantitative estimate of drug-likeness (QED) is 0.0347. The molecular formula is C51H98O6. The Kier molecular flexibility index (Phi) is 41.3. The highest BCUT2D eigenvalue weighted by atomic mass is 16.6. The van der Waals surface area contributed by atoms with Crippen LogP contribution < -0.4 is 0 Å². The Balaban J connectivity index is 4.23. The summed E-state index contributed by atoms with van der Waals surface area (Å²) in [5.74, 6) is 1.56. The number of carbonyl (C=O) groups is 3. The number of hydrogen-bond donors (Lipinski definition) is 0. The summed E-state index contributed by atoms with van der Waals surface area (Å²) >= 11 is 0. The van der Waals surface area contributed by atoms with Gasteiger partial charge in [0.2, 0.25) is 0 Å². The largest absolute Gasteiger partial charge is 0.462 e. The summed E-state index contributed by atoms with van der Waals surface area (Å²) < 4.78 is 16.8. The zero-order chi connectivity index (χ0) is 42.0. The van der Waals surface area contributed by atoms with E-state index < -0.39 is 6.10 Å². The molecule has 0 aromatic heterocycles. The van der Waals surface area contributed by atoms with Crippen molar-refractivity contribution in [3.05, 3.63) is 0 Å². The van der Waals surface area contributed by atoms with Crippen molar-refractivity contribution in [1.82, 2.24) is 0 Å². The Bertz CT molecular complexity index is 883. The summed E-state index contributed by atoms with van der Waals surface area (Å²) in [6, 6.07) is 0. The van der Waals surface area contributed by atoms with Gasteiger partial charge in [0.05, 0.1) is 0 Å². The molecule has 6 heteroatoms. The van der Waals surface area contributed by atoms with E-state index in [2.05, 4.69) is 41.5 Å². The molecule has 0 aliphatic heterocycles. The Morgan fingerprint density at radius 2 is 0.509 bits per heavy atom. The lowest BCUT2D eigenvalue weighted by molar-refractivity contribution is -0.167. The first kappa shape index (κ1) is 55.4. The molecule has 57 heavy (non-hydrogen) atoms. The molecule has 6 nitrogen and oxygen atoms in total. The number of unbranched alkanes of at least 4 members (excludes halogenated alkanes) is 27. The molecule has 0 radical (unpaired) electrons. The van der Waals surface area contributed by atoms with E-state index in [1.807, 2.05) is 0 Å². The summed E-state index contributed by atoms with van der Waals surface area (Å²) in [5, 5.41) is 0. The fourth-order valence-electron chi connectivity index (χ4n) is 7.59. The minimum absolute atomic E-state index is 0.0660. The summed E-state index contributed by atoms with van der Waals surface area (Å²) in [6.07, 6.45) is 41.1. The Morgan fingerprint density at radius 3 is 0.754 bits per heavy atom. The van der Waals surface area contributed by atoms with Crippen molar-refractivity contribution < 1.29 is 28.6 Å². The van der Waals surface area contributed by atoms with Gasteiger partial charge in [-0.1, -0.05) is 234 Å². The third-order valence-corrected chi connectivity index (χ3v) is 11.4. The topological polar surface area (TPSA) is 78.9 Å². The smallest absolute Gasteiger partial charge is 0.306 e. The van der Waals surface area contributed by atoms with E-state index in [-0.39, 0.29) is 31.1 Å². The molecule has 0 spiro atoms. The van der Waals surface area contributed by atoms with Crippen LogP contribution in [0.3, 0.4) is 0 Å². The Morgan fingerprint density at radius 1 is 0.298 bits per heavy atom. The molecule has 338 valence electrons. The van der Waals surface area contributed by atoms with Gasteiger partial charge in [-0.05, 0) is 37.0 Å². The molecule has 0 heterocycles. The van der Waals surface area contributed by atoms with Crippen molar-refractivity contribution in [2.75, 3.05) is 13.2 Å². The molecule has 1 atom stereocenters. The van der Waals surface area contributed by atoms with Crippen LogP contribution >= 0.6 is 0 Å². The van der Waals surface area contributed by atoms with Crippen LogP contribution in [-0.2, 0) is 28.6 Å². The second-order valence-corrected chi connectivity index (χ2v) is 18.9. The first-order valence-electron chi connectivity index (χ1n) is 25.1. The third-order valence-electron chi connectivity index (χ3n) is 11.4. The van der Waals surface area contributed by atoms with E-state index in [1.165, 1.54) is 154 Å². The van der Waals surface area contributed by atoms with Crippen LogP contribution in [-0.4, -0.2) is 37.2 Å². The van der Waals surface area contributed by atoms with Crippen molar-refractivity contribution in [2.45, 2.75) is 279 Å².